The van der Waals surface area contributed by atoms with E-state index in [1.165, 1.54) is 10.7 Å². The predicted molar refractivity (Wildman–Crippen MR) is 160 cm³/mol. The van der Waals surface area contributed by atoms with E-state index in [9.17, 15) is 14.0 Å². The molecule has 1 aliphatic rings. The van der Waals surface area contributed by atoms with E-state index in [2.05, 4.69) is 26.6 Å². The van der Waals surface area contributed by atoms with Gasteiger partial charge in [0, 0.05) is 30.0 Å². The molecule has 1 amide bonds. The molecule has 10 heteroatoms. The van der Waals surface area contributed by atoms with E-state index in [1.807, 2.05) is 48.5 Å². The summed E-state index contributed by atoms with van der Waals surface area (Å²) in [6.45, 7) is 2.80. The van der Waals surface area contributed by atoms with Crippen molar-refractivity contribution < 1.29 is 18.7 Å². The third-order valence-electron chi connectivity index (χ3n) is 7.53. The van der Waals surface area contributed by atoms with Gasteiger partial charge in [0.05, 0.1) is 18.5 Å². The molecule has 3 aromatic carbocycles. The molecule has 0 unspecified atom stereocenters. The standard InChI is InChI=1S/C31H32BrFN4O4/c1-20-29(30(39)37(36(20)2)25-7-5-4-6-8-25)35-28(38)18-41-26-10-9-21(13-27(26)40-3)17-34-19-31(11-12-31)22-14-23(32)16-24(33)15-22/h4-10,13-16,34H,11-12,17-19H2,1-3H3,(H,35,38). The smallest absolute Gasteiger partial charge is 0.295 e. The molecule has 1 aromatic heterocycles. The third-order valence-corrected chi connectivity index (χ3v) is 7.98. The van der Waals surface area contributed by atoms with Crippen LogP contribution in [0.25, 0.3) is 5.69 Å². The van der Waals surface area contributed by atoms with Crippen LogP contribution in [-0.2, 0) is 23.8 Å². The minimum absolute atomic E-state index is 0.0491. The zero-order chi connectivity index (χ0) is 29.1. The number of benzene rings is 3. The van der Waals surface area contributed by atoms with Gasteiger partial charge in [-0.25, -0.2) is 9.07 Å². The van der Waals surface area contributed by atoms with Crippen LogP contribution in [0.5, 0.6) is 11.5 Å². The molecule has 214 valence electrons. The first-order valence-corrected chi connectivity index (χ1v) is 14.1. The summed E-state index contributed by atoms with van der Waals surface area (Å²) < 4.78 is 29.1. The number of amides is 1. The second kappa shape index (κ2) is 11.9. The lowest BCUT2D eigenvalue weighted by atomic mass is 9.95. The molecule has 0 spiro atoms. The van der Waals surface area contributed by atoms with Crippen LogP contribution in [0.2, 0.25) is 0 Å². The molecule has 1 fully saturated rings. The van der Waals surface area contributed by atoms with Crippen LogP contribution >= 0.6 is 15.9 Å². The molecule has 5 rings (SSSR count). The molecule has 4 aromatic rings. The molecule has 0 bridgehead atoms. The molecule has 1 saturated carbocycles. The lowest BCUT2D eigenvalue weighted by Gasteiger charge is -2.18. The van der Waals surface area contributed by atoms with Gasteiger partial charge in [0.15, 0.2) is 18.1 Å². The van der Waals surface area contributed by atoms with Gasteiger partial charge in [-0.1, -0.05) is 40.2 Å². The topological polar surface area (TPSA) is 86.5 Å². The number of rotatable bonds is 11. The van der Waals surface area contributed by atoms with Crippen LogP contribution in [0.4, 0.5) is 10.1 Å². The Hall–Kier alpha value is -3.89. The SMILES string of the molecule is COc1cc(CNCC2(c3cc(F)cc(Br)c3)CC2)ccc1OCC(=O)Nc1c(C)n(C)n(-c2ccccc2)c1=O. The van der Waals surface area contributed by atoms with Gasteiger partial charge in [-0.3, -0.25) is 14.3 Å². The fourth-order valence-electron chi connectivity index (χ4n) is 5.00. The molecule has 0 radical (unpaired) electrons. The number of ether oxygens (including phenoxy) is 2. The summed E-state index contributed by atoms with van der Waals surface area (Å²) in [6.07, 6.45) is 2.02. The molecule has 0 aliphatic heterocycles. The fourth-order valence-corrected chi connectivity index (χ4v) is 5.46. The number of aromatic nitrogens is 2. The van der Waals surface area contributed by atoms with Crippen molar-refractivity contribution in [1.29, 1.82) is 0 Å². The van der Waals surface area contributed by atoms with Gasteiger partial charge in [0.25, 0.3) is 11.5 Å². The number of hydrogen-bond donors (Lipinski definition) is 2. The Morgan fingerprint density at radius 2 is 1.83 bits per heavy atom. The Bertz CT molecular complexity index is 1610. The van der Waals surface area contributed by atoms with Gasteiger partial charge in [-0.15, -0.1) is 0 Å². The first-order chi connectivity index (χ1) is 19.7. The summed E-state index contributed by atoms with van der Waals surface area (Å²) >= 11 is 3.39. The molecule has 0 saturated heterocycles. The number of para-hydroxylation sites is 1. The van der Waals surface area contributed by atoms with Gasteiger partial charge in [0.1, 0.15) is 11.5 Å². The highest BCUT2D eigenvalue weighted by Gasteiger charge is 2.44. The highest BCUT2D eigenvalue weighted by Crippen LogP contribution is 2.48. The average Bonchev–Trinajstić information content (AvgIpc) is 3.72. The van der Waals surface area contributed by atoms with Crippen molar-refractivity contribution in [3.8, 4) is 17.2 Å². The monoisotopic (exact) mass is 622 g/mol. The number of carbonyl (C=O) groups is 1. The number of methoxy groups -OCH3 is 1. The maximum absolute atomic E-state index is 13.9. The third kappa shape index (κ3) is 6.23. The number of hydrogen-bond acceptors (Lipinski definition) is 5. The van der Waals surface area contributed by atoms with Crippen LogP contribution in [0, 0.1) is 12.7 Å². The number of carbonyl (C=O) groups excluding carboxylic acids is 1. The van der Waals surface area contributed by atoms with Crippen molar-refractivity contribution in [1.82, 2.24) is 14.7 Å². The van der Waals surface area contributed by atoms with Crippen molar-refractivity contribution in [3.05, 3.63) is 104 Å². The van der Waals surface area contributed by atoms with E-state index in [0.29, 0.717) is 29.4 Å². The van der Waals surface area contributed by atoms with E-state index in [4.69, 9.17) is 9.47 Å². The largest absolute Gasteiger partial charge is 0.493 e. The van der Waals surface area contributed by atoms with Gasteiger partial charge in [-0.05, 0) is 73.4 Å². The van der Waals surface area contributed by atoms with Crippen LogP contribution in [0.3, 0.4) is 0 Å². The molecule has 8 nitrogen and oxygen atoms in total. The first kappa shape index (κ1) is 28.6. The van der Waals surface area contributed by atoms with E-state index < -0.39 is 5.91 Å². The van der Waals surface area contributed by atoms with Gasteiger partial charge in [-0.2, -0.15) is 0 Å². The number of anilines is 1. The van der Waals surface area contributed by atoms with Gasteiger partial charge >= 0.3 is 0 Å². The van der Waals surface area contributed by atoms with Crippen molar-refractivity contribution in [2.75, 3.05) is 25.6 Å². The average molecular weight is 624 g/mol. The summed E-state index contributed by atoms with van der Waals surface area (Å²) in [7, 11) is 3.31. The molecular formula is C31H32BrFN4O4. The highest BCUT2D eigenvalue weighted by atomic mass is 79.9. The summed E-state index contributed by atoms with van der Waals surface area (Å²) in [5.41, 5.74) is 3.15. The molecule has 2 N–H and O–H groups in total. The fraction of sp³-hybridized carbons (Fsp3) is 0.290. The number of halogens is 2. The molecule has 41 heavy (non-hydrogen) atoms. The first-order valence-electron chi connectivity index (χ1n) is 13.3. The van der Waals surface area contributed by atoms with Gasteiger partial charge < -0.3 is 20.1 Å². The Balaban J connectivity index is 1.18. The summed E-state index contributed by atoms with van der Waals surface area (Å²) in [5.74, 6) is 0.219. The van der Waals surface area contributed by atoms with Crippen molar-refractivity contribution in [2.24, 2.45) is 7.05 Å². The number of nitrogens with one attached hydrogen (secondary N) is 2. The normalized spacial score (nSPS) is 13.6. The zero-order valence-corrected chi connectivity index (χ0v) is 24.8. The Labute approximate surface area is 246 Å². The minimum atomic E-state index is -0.456. The number of nitrogens with zero attached hydrogens (tertiary/aromatic N) is 2. The highest BCUT2D eigenvalue weighted by molar-refractivity contribution is 9.10. The summed E-state index contributed by atoms with van der Waals surface area (Å²) in [5, 5.41) is 6.19. The van der Waals surface area contributed by atoms with Crippen LogP contribution in [0.15, 0.2) is 76.0 Å². The van der Waals surface area contributed by atoms with Crippen molar-refractivity contribution in [2.45, 2.75) is 31.7 Å². The van der Waals surface area contributed by atoms with Gasteiger partial charge in [0.2, 0.25) is 0 Å². The van der Waals surface area contributed by atoms with E-state index >= 15 is 0 Å². The zero-order valence-electron chi connectivity index (χ0n) is 23.2. The van der Waals surface area contributed by atoms with E-state index in [0.717, 1.165) is 35.0 Å². The maximum atomic E-state index is 13.9. The maximum Gasteiger partial charge on any atom is 0.295 e. The summed E-state index contributed by atoms with van der Waals surface area (Å²) in [6, 6.07) is 19.8. The summed E-state index contributed by atoms with van der Waals surface area (Å²) in [4.78, 5) is 25.8. The molecule has 1 heterocycles. The minimum Gasteiger partial charge on any atom is -0.493 e. The second-order valence-electron chi connectivity index (χ2n) is 10.3. The quantitative estimate of drug-likeness (QED) is 0.239. The van der Waals surface area contributed by atoms with E-state index in [-0.39, 0.29) is 29.1 Å². The Morgan fingerprint density at radius 1 is 1.07 bits per heavy atom. The lowest BCUT2D eigenvalue weighted by Crippen LogP contribution is -2.26. The van der Waals surface area contributed by atoms with Crippen molar-refractivity contribution >= 4 is 27.5 Å². The lowest BCUT2D eigenvalue weighted by molar-refractivity contribution is -0.118. The predicted octanol–water partition coefficient (Wildman–Crippen LogP) is 5.23. The van der Waals surface area contributed by atoms with E-state index in [1.54, 1.807) is 37.9 Å². The second-order valence-corrected chi connectivity index (χ2v) is 11.2. The van der Waals surface area contributed by atoms with Crippen LogP contribution in [-0.4, -0.2) is 35.5 Å². The Morgan fingerprint density at radius 3 is 2.51 bits per heavy atom. The van der Waals surface area contributed by atoms with Crippen LogP contribution in [0.1, 0.15) is 29.7 Å². The Kier molecular flexibility index (Phi) is 8.32. The molecule has 0 atom stereocenters. The van der Waals surface area contributed by atoms with Crippen molar-refractivity contribution in [3.63, 3.8) is 0 Å². The van der Waals surface area contributed by atoms with Crippen LogP contribution < -0.4 is 25.7 Å². The molecular weight excluding hydrogens is 591 g/mol. The molecule has 1 aliphatic carbocycles.